The Hall–Kier alpha value is -2.79. The Bertz CT molecular complexity index is 940. The molecule has 0 radical (unpaired) electrons. The Balaban J connectivity index is 1.66. The smallest absolute Gasteiger partial charge is 0.253 e. The maximum Gasteiger partial charge on any atom is 0.253 e. The standard InChI is InChI=1S/C28H37N3O2/c1-5-17-30-23-15-16-24(30)19-26(18-23)31(25-9-8-10-27(20-25)33-4)22-13-11-21(12-14-22)28(32)29(6-2)7-3/h5,8-14,20,23-24,26H,1,6-7,15-19H2,2-4H3. The molecule has 2 aromatic carbocycles. The molecule has 2 heterocycles. The third-order valence-electron chi connectivity index (χ3n) is 7.34. The molecule has 0 saturated carbocycles. The van der Waals surface area contributed by atoms with E-state index in [1.54, 1.807) is 7.11 Å². The first-order chi connectivity index (χ1) is 16.1. The average molecular weight is 448 g/mol. The van der Waals surface area contributed by atoms with Gasteiger partial charge in [0.15, 0.2) is 0 Å². The summed E-state index contributed by atoms with van der Waals surface area (Å²) in [5.74, 6) is 0.952. The minimum absolute atomic E-state index is 0.0928. The number of methoxy groups -OCH3 is 1. The van der Waals surface area contributed by atoms with Crippen molar-refractivity contribution >= 4 is 17.3 Å². The van der Waals surface area contributed by atoms with Gasteiger partial charge in [0.25, 0.3) is 5.91 Å². The summed E-state index contributed by atoms with van der Waals surface area (Å²) in [5.41, 5.74) is 3.01. The second kappa shape index (κ2) is 10.4. The molecule has 33 heavy (non-hydrogen) atoms. The van der Waals surface area contributed by atoms with E-state index >= 15 is 0 Å². The van der Waals surface area contributed by atoms with Crippen molar-refractivity contribution in [3.63, 3.8) is 0 Å². The molecule has 2 fully saturated rings. The van der Waals surface area contributed by atoms with E-state index in [9.17, 15) is 4.79 Å². The molecule has 2 saturated heterocycles. The van der Waals surface area contributed by atoms with Gasteiger partial charge in [-0.1, -0.05) is 12.1 Å². The molecule has 2 aliphatic heterocycles. The Labute approximate surface area is 198 Å². The third-order valence-corrected chi connectivity index (χ3v) is 7.34. The molecule has 2 aromatic rings. The van der Waals surface area contributed by atoms with E-state index in [-0.39, 0.29) is 5.91 Å². The van der Waals surface area contributed by atoms with Crippen molar-refractivity contribution in [2.24, 2.45) is 0 Å². The minimum atomic E-state index is 0.0928. The lowest BCUT2D eigenvalue weighted by molar-refractivity contribution is 0.0773. The zero-order chi connectivity index (χ0) is 23.4. The van der Waals surface area contributed by atoms with Gasteiger partial charge in [-0.15, -0.1) is 6.58 Å². The van der Waals surface area contributed by atoms with Gasteiger partial charge in [-0.05, 0) is 75.9 Å². The normalized spacial score (nSPS) is 22.1. The molecule has 4 rings (SSSR count). The molecule has 0 aromatic heterocycles. The lowest BCUT2D eigenvalue weighted by atomic mass is 9.94. The Morgan fingerprint density at radius 3 is 2.30 bits per heavy atom. The van der Waals surface area contributed by atoms with Gasteiger partial charge in [0, 0.05) is 60.8 Å². The molecule has 0 spiro atoms. The Morgan fingerprint density at radius 2 is 1.73 bits per heavy atom. The fraction of sp³-hybridized carbons (Fsp3) is 0.464. The monoisotopic (exact) mass is 447 g/mol. The largest absolute Gasteiger partial charge is 0.497 e. The van der Waals surface area contributed by atoms with Crippen molar-refractivity contribution in [3.05, 3.63) is 66.7 Å². The summed E-state index contributed by atoms with van der Waals surface area (Å²) in [5, 5.41) is 0. The van der Waals surface area contributed by atoms with Crippen LogP contribution >= 0.6 is 0 Å². The van der Waals surface area contributed by atoms with Crippen LogP contribution in [0.5, 0.6) is 5.75 Å². The third kappa shape index (κ3) is 4.79. The summed E-state index contributed by atoms with van der Waals surface area (Å²) in [7, 11) is 1.71. The molecule has 5 nitrogen and oxygen atoms in total. The quantitative estimate of drug-likeness (QED) is 0.476. The molecular formula is C28H37N3O2. The number of carbonyl (C=O) groups is 1. The number of hydrogen-bond acceptors (Lipinski definition) is 4. The highest BCUT2D eigenvalue weighted by atomic mass is 16.5. The summed E-state index contributed by atoms with van der Waals surface area (Å²) >= 11 is 0. The first-order valence-corrected chi connectivity index (χ1v) is 12.3. The van der Waals surface area contributed by atoms with E-state index in [0.717, 1.165) is 55.2 Å². The van der Waals surface area contributed by atoms with Crippen LogP contribution in [0.25, 0.3) is 0 Å². The van der Waals surface area contributed by atoms with Crippen LogP contribution in [0.15, 0.2) is 61.2 Å². The fourth-order valence-corrected chi connectivity index (χ4v) is 5.69. The van der Waals surface area contributed by atoms with E-state index in [1.165, 1.54) is 12.8 Å². The number of ether oxygens (including phenoxy) is 1. The van der Waals surface area contributed by atoms with Crippen LogP contribution in [0.2, 0.25) is 0 Å². The number of fused-ring (bicyclic) bond motifs is 2. The molecule has 0 aliphatic carbocycles. The van der Waals surface area contributed by atoms with Crippen LogP contribution in [0.4, 0.5) is 11.4 Å². The summed E-state index contributed by atoms with van der Waals surface area (Å²) in [6, 6.07) is 18.1. The van der Waals surface area contributed by atoms with E-state index in [2.05, 4.69) is 46.7 Å². The maximum absolute atomic E-state index is 12.8. The molecule has 176 valence electrons. The molecule has 0 N–H and O–H groups in total. The van der Waals surface area contributed by atoms with E-state index in [1.807, 2.05) is 43.0 Å². The number of rotatable bonds is 9. The van der Waals surface area contributed by atoms with Crippen molar-refractivity contribution in [1.82, 2.24) is 9.80 Å². The van der Waals surface area contributed by atoms with Gasteiger partial charge in [-0.25, -0.2) is 0 Å². The van der Waals surface area contributed by atoms with Gasteiger partial charge in [0.1, 0.15) is 5.75 Å². The van der Waals surface area contributed by atoms with Crippen molar-refractivity contribution in [2.45, 2.75) is 57.7 Å². The van der Waals surface area contributed by atoms with Crippen LogP contribution < -0.4 is 9.64 Å². The topological polar surface area (TPSA) is 36.0 Å². The second-order valence-electron chi connectivity index (χ2n) is 9.09. The van der Waals surface area contributed by atoms with Crippen LogP contribution in [0.1, 0.15) is 49.9 Å². The molecule has 2 unspecified atom stereocenters. The predicted octanol–water partition coefficient (Wildman–Crippen LogP) is 5.50. The molecule has 2 bridgehead atoms. The number of anilines is 2. The van der Waals surface area contributed by atoms with E-state index in [4.69, 9.17) is 4.74 Å². The summed E-state index contributed by atoms with van der Waals surface area (Å²) in [4.78, 5) is 19.8. The van der Waals surface area contributed by atoms with Crippen LogP contribution in [-0.4, -0.2) is 60.6 Å². The van der Waals surface area contributed by atoms with Gasteiger partial charge in [-0.3, -0.25) is 9.69 Å². The van der Waals surface area contributed by atoms with Crippen LogP contribution in [0.3, 0.4) is 0 Å². The zero-order valence-electron chi connectivity index (χ0n) is 20.2. The number of benzene rings is 2. The minimum Gasteiger partial charge on any atom is -0.497 e. The van der Waals surface area contributed by atoms with Gasteiger partial charge >= 0.3 is 0 Å². The lowest BCUT2D eigenvalue weighted by Crippen LogP contribution is -2.49. The predicted molar refractivity (Wildman–Crippen MR) is 136 cm³/mol. The molecule has 2 atom stereocenters. The van der Waals surface area contributed by atoms with Crippen molar-refractivity contribution in [1.29, 1.82) is 0 Å². The molecule has 2 aliphatic rings. The number of nitrogens with zero attached hydrogens (tertiary/aromatic N) is 3. The van der Waals surface area contributed by atoms with Gasteiger partial charge in [0.2, 0.25) is 0 Å². The zero-order valence-corrected chi connectivity index (χ0v) is 20.2. The highest BCUT2D eigenvalue weighted by molar-refractivity contribution is 5.94. The highest BCUT2D eigenvalue weighted by Crippen LogP contribution is 2.42. The van der Waals surface area contributed by atoms with Crippen LogP contribution in [-0.2, 0) is 0 Å². The number of carbonyl (C=O) groups excluding carboxylic acids is 1. The van der Waals surface area contributed by atoms with Gasteiger partial charge < -0.3 is 14.5 Å². The first-order valence-electron chi connectivity index (χ1n) is 12.3. The van der Waals surface area contributed by atoms with Gasteiger partial charge in [-0.2, -0.15) is 0 Å². The highest BCUT2D eigenvalue weighted by Gasteiger charge is 2.42. The fourth-order valence-electron chi connectivity index (χ4n) is 5.69. The summed E-state index contributed by atoms with van der Waals surface area (Å²) in [6.45, 7) is 10.4. The van der Waals surface area contributed by atoms with Crippen molar-refractivity contribution in [2.75, 3.05) is 31.6 Å². The molecule has 5 heteroatoms. The number of hydrogen-bond donors (Lipinski definition) is 0. The second-order valence-corrected chi connectivity index (χ2v) is 9.09. The summed E-state index contributed by atoms with van der Waals surface area (Å²) < 4.78 is 5.54. The first kappa shape index (κ1) is 23.4. The average Bonchev–Trinajstić information content (AvgIpc) is 3.08. The maximum atomic E-state index is 12.8. The van der Waals surface area contributed by atoms with Crippen LogP contribution in [0, 0.1) is 0 Å². The van der Waals surface area contributed by atoms with Gasteiger partial charge in [0.05, 0.1) is 7.11 Å². The van der Waals surface area contributed by atoms with Crippen molar-refractivity contribution < 1.29 is 9.53 Å². The number of amides is 1. The SMILES string of the molecule is C=CCN1C2CCC1CC(N(c1ccc(C(=O)N(CC)CC)cc1)c1cccc(OC)c1)C2. The lowest BCUT2D eigenvalue weighted by Gasteiger charge is -2.44. The Kier molecular flexibility index (Phi) is 7.39. The number of piperidine rings is 1. The summed E-state index contributed by atoms with van der Waals surface area (Å²) in [6.07, 6.45) is 6.82. The van der Waals surface area contributed by atoms with E-state index in [0.29, 0.717) is 18.1 Å². The van der Waals surface area contributed by atoms with Crippen molar-refractivity contribution in [3.8, 4) is 5.75 Å². The molecule has 1 amide bonds. The van der Waals surface area contributed by atoms with E-state index < -0.39 is 0 Å². The Morgan fingerprint density at radius 1 is 1.06 bits per heavy atom. The molecular weight excluding hydrogens is 410 g/mol.